The van der Waals surface area contributed by atoms with Gasteiger partial charge in [0.25, 0.3) is 0 Å². The van der Waals surface area contributed by atoms with Gasteiger partial charge < -0.3 is 10.4 Å². The summed E-state index contributed by atoms with van der Waals surface area (Å²) in [5, 5.41) is 19.6. The molecule has 1 aliphatic carbocycles. The SMILES string of the molecule is Cc1ccc(CNc2ncc3c(-c4ccc(CN5CCN(C(C)C)CC5)cc4)nn(C4CCC(O)CC4)c3n2)cc1. The molecule has 0 radical (unpaired) electrons. The molecule has 2 aromatic carbocycles. The van der Waals surface area contributed by atoms with Gasteiger partial charge in [0.2, 0.25) is 5.95 Å². The highest BCUT2D eigenvalue weighted by atomic mass is 16.3. The second-order valence-corrected chi connectivity index (χ2v) is 12.1. The van der Waals surface area contributed by atoms with E-state index in [1.54, 1.807) is 0 Å². The van der Waals surface area contributed by atoms with Crippen LogP contribution in [0.2, 0.25) is 0 Å². The molecule has 2 aromatic heterocycles. The van der Waals surface area contributed by atoms with Gasteiger partial charge in [-0.15, -0.1) is 0 Å². The first kappa shape index (κ1) is 27.8. The number of aliphatic hydroxyl groups is 1. The van der Waals surface area contributed by atoms with Crippen molar-refractivity contribution < 1.29 is 5.11 Å². The largest absolute Gasteiger partial charge is 0.393 e. The molecule has 0 amide bonds. The summed E-state index contributed by atoms with van der Waals surface area (Å²) in [4.78, 5) is 14.8. The average molecular weight is 554 g/mol. The molecule has 4 aromatic rings. The van der Waals surface area contributed by atoms with Gasteiger partial charge in [-0.3, -0.25) is 9.80 Å². The summed E-state index contributed by atoms with van der Waals surface area (Å²) in [5.74, 6) is 0.606. The van der Waals surface area contributed by atoms with E-state index < -0.39 is 0 Å². The zero-order valence-corrected chi connectivity index (χ0v) is 24.6. The van der Waals surface area contributed by atoms with Crippen LogP contribution >= 0.6 is 0 Å². The van der Waals surface area contributed by atoms with Crippen LogP contribution in [0.3, 0.4) is 0 Å². The number of hydrogen-bond donors (Lipinski definition) is 2. The lowest BCUT2D eigenvalue weighted by atomic mass is 9.93. The first-order valence-electron chi connectivity index (χ1n) is 15.2. The standard InChI is InChI=1S/C33H43N7O/c1-23(2)39-18-16-38(17-19-39)22-26-8-10-27(11-9-26)31-30-21-35-33(34-20-25-6-4-24(3)5-7-25)36-32(30)40(37-31)28-12-14-29(41)15-13-28/h4-11,21,23,28-29,41H,12-20,22H2,1-3H3,(H,34,35,36). The number of rotatable bonds is 8. The maximum Gasteiger partial charge on any atom is 0.224 e. The van der Waals surface area contributed by atoms with Crippen LogP contribution in [0.5, 0.6) is 0 Å². The quantitative estimate of drug-likeness (QED) is 0.302. The number of piperazine rings is 1. The number of nitrogens with one attached hydrogen (secondary N) is 1. The molecule has 41 heavy (non-hydrogen) atoms. The summed E-state index contributed by atoms with van der Waals surface area (Å²) < 4.78 is 2.09. The summed E-state index contributed by atoms with van der Waals surface area (Å²) in [5.41, 5.74) is 6.63. The zero-order chi connectivity index (χ0) is 28.3. The van der Waals surface area contributed by atoms with Crippen molar-refractivity contribution in [2.45, 2.75) is 77.7 Å². The molecule has 0 bridgehead atoms. The molecule has 1 aliphatic heterocycles. The van der Waals surface area contributed by atoms with Crippen molar-refractivity contribution in [3.8, 4) is 11.3 Å². The third-order valence-corrected chi connectivity index (χ3v) is 8.80. The Morgan fingerprint density at radius 1 is 0.902 bits per heavy atom. The molecule has 3 heterocycles. The van der Waals surface area contributed by atoms with Crippen LogP contribution in [-0.4, -0.2) is 73.0 Å². The average Bonchev–Trinajstić information content (AvgIpc) is 3.37. The molecule has 216 valence electrons. The van der Waals surface area contributed by atoms with Gasteiger partial charge in [-0.1, -0.05) is 54.1 Å². The summed E-state index contributed by atoms with van der Waals surface area (Å²) in [6, 6.07) is 18.2. The van der Waals surface area contributed by atoms with Gasteiger partial charge in [-0.05, 0) is 57.6 Å². The molecule has 0 unspecified atom stereocenters. The molecule has 6 rings (SSSR count). The molecule has 8 nitrogen and oxygen atoms in total. The number of nitrogens with zero attached hydrogens (tertiary/aromatic N) is 6. The molecule has 8 heteroatoms. The normalized spacial score (nSPS) is 20.6. The lowest BCUT2D eigenvalue weighted by molar-refractivity contribution is 0.104. The van der Waals surface area contributed by atoms with Crippen molar-refractivity contribution in [1.82, 2.24) is 29.5 Å². The van der Waals surface area contributed by atoms with E-state index in [1.165, 1.54) is 16.7 Å². The van der Waals surface area contributed by atoms with Gasteiger partial charge in [0.05, 0.1) is 17.5 Å². The lowest BCUT2D eigenvalue weighted by Gasteiger charge is -2.36. The summed E-state index contributed by atoms with van der Waals surface area (Å²) in [7, 11) is 0. The Morgan fingerprint density at radius 3 is 2.27 bits per heavy atom. The molecule has 2 fully saturated rings. The Bertz CT molecular complexity index is 1430. The highest BCUT2D eigenvalue weighted by Crippen LogP contribution is 2.34. The number of fused-ring (bicyclic) bond motifs is 1. The predicted octanol–water partition coefficient (Wildman–Crippen LogP) is 5.42. The van der Waals surface area contributed by atoms with E-state index in [2.05, 4.69) is 94.1 Å². The summed E-state index contributed by atoms with van der Waals surface area (Å²) in [6.07, 6.45) is 5.09. The molecular formula is C33H43N7O. The van der Waals surface area contributed by atoms with Gasteiger partial charge in [-0.25, -0.2) is 9.67 Å². The number of anilines is 1. The van der Waals surface area contributed by atoms with Gasteiger partial charge in [-0.2, -0.15) is 10.1 Å². The molecule has 0 spiro atoms. The third kappa shape index (κ3) is 6.45. The van der Waals surface area contributed by atoms with Crippen molar-refractivity contribution in [3.05, 3.63) is 71.4 Å². The van der Waals surface area contributed by atoms with Gasteiger partial charge >= 0.3 is 0 Å². The van der Waals surface area contributed by atoms with Crippen LogP contribution in [0.25, 0.3) is 22.3 Å². The second kappa shape index (κ2) is 12.3. The molecular weight excluding hydrogens is 510 g/mol. The smallest absolute Gasteiger partial charge is 0.224 e. The molecule has 1 saturated carbocycles. The van der Waals surface area contributed by atoms with E-state index in [4.69, 9.17) is 10.1 Å². The fraction of sp³-hybridized carbons (Fsp3) is 0.485. The maximum atomic E-state index is 10.1. The highest BCUT2D eigenvalue weighted by molar-refractivity contribution is 5.91. The Balaban J connectivity index is 1.23. The number of hydrogen-bond acceptors (Lipinski definition) is 7. The number of aliphatic hydroxyl groups excluding tert-OH is 1. The van der Waals surface area contributed by atoms with Gasteiger partial charge in [0.15, 0.2) is 5.65 Å². The van der Waals surface area contributed by atoms with Crippen molar-refractivity contribution in [1.29, 1.82) is 0 Å². The fourth-order valence-electron chi connectivity index (χ4n) is 6.13. The van der Waals surface area contributed by atoms with Crippen molar-refractivity contribution in [3.63, 3.8) is 0 Å². The minimum absolute atomic E-state index is 0.213. The van der Waals surface area contributed by atoms with Crippen LogP contribution in [0, 0.1) is 6.92 Å². The molecule has 2 N–H and O–H groups in total. The first-order chi connectivity index (χ1) is 19.9. The Labute approximate surface area is 243 Å². The fourth-order valence-corrected chi connectivity index (χ4v) is 6.13. The molecule has 0 atom stereocenters. The van der Waals surface area contributed by atoms with Crippen molar-refractivity contribution >= 4 is 17.0 Å². The van der Waals surface area contributed by atoms with Gasteiger partial charge in [0.1, 0.15) is 5.69 Å². The van der Waals surface area contributed by atoms with E-state index >= 15 is 0 Å². The highest BCUT2D eigenvalue weighted by Gasteiger charge is 2.26. The molecule has 1 saturated heterocycles. The maximum absolute atomic E-state index is 10.1. The Kier molecular flexibility index (Phi) is 8.32. The van der Waals surface area contributed by atoms with Crippen LogP contribution < -0.4 is 5.32 Å². The predicted molar refractivity (Wildman–Crippen MR) is 165 cm³/mol. The zero-order valence-electron chi connectivity index (χ0n) is 24.6. The van der Waals surface area contributed by atoms with Crippen molar-refractivity contribution in [2.24, 2.45) is 0 Å². The van der Waals surface area contributed by atoms with Crippen LogP contribution in [0.1, 0.15) is 62.3 Å². The number of benzene rings is 2. The van der Waals surface area contributed by atoms with Crippen LogP contribution in [0.15, 0.2) is 54.7 Å². The van der Waals surface area contributed by atoms with Crippen molar-refractivity contribution in [2.75, 3.05) is 31.5 Å². The second-order valence-electron chi connectivity index (χ2n) is 12.1. The number of aryl methyl sites for hydroxylation is 1. The van der Waals surface area contributed by atoms with Gasteiger partial charge in [0, 0.05) is 57.1 Å². The van der Waals surface area contributed by atoms with E-state index in [-0.39, 0.29) is 12.1 Å². The lowest BCUT2D eigenvalue weighted by Crippen LogP contribution is -2.48. The first-order valence-corrected chi connectivity index (χ1v) is 15.2. The molecule has 2 aliphatic rings. The monoisotopic (exact) mass is 553 g/mol. The van der Waals surface area contributed by atoms with E-state index in [0.717, 1.165) is 80.7 Å². The number of aromatic nitrogens is 4. The van der Waals surface area contributed by atoms with E-state index in [0.29, 0.717) is 18.5 Å². The Morgan fingerprint density at radius 2 is 1.59 bits per heavy atom. The Hall–Kier alpha value is -3.33. The third-order valence-electron chi connectivity index (χ3n) is 8.80. The van der Waals surface area contributed by atoms with E-state index in [9.17, 15) is 5.11 Å². The minimum Gasteiger partial charge on any atom is -0.393 e. The summed E-state index contributed by atoms with van der Waals surface area (Å²) in [6.45, 7) is 12.8. The van der Waals surface area contributed by atoms with Crippen LogP contribution in [-0.2, 0) is 13.1 Å². The topological polar surface area (TPSA) is 82.3 Å². The minimum atomic E-state index is -0.213. The summed E-state index contributed by atoms with van der Waals surface area (Å²) >= 11 is 0. The van der Waals surface area contributed by atoms with E-state index in [1.807, 2.05) is 6.20 Å². The van der Waals surface area contributed by atoms with Crippen LogP contribution in [0.4, 0.5) is 5.95 Å².